The molecule has 6 heteroatoms. The standard InChI is InChI=1S/C18H25N3O3/c1-20(2)18(17(23)24)8-6-11(7-9-18)12-4-5-14(19)15-13(12)10-21(3)16(15)22/h4-5,11H,6-10,19H2,1-3H3,(H,23,24). The summed E-state index contributed by atoms with van der Waals surface area (Å²) < 4.78 is 0. The zero-order valence-electron chi connectivity index (χ0n) is 14.5. The van der Waals surface area contributed by atoms with Gasteiger partial charge in [0, 0.05) is 19.3 Å². The van der Waals surface area contributed by atoms with Crippen LogP contribution in [0.3, 0.4) is 0 Å². The summed E-state index contributed by atoms with van der Waals surface area (Å²) in [4.78, 5) is 27.6. The summed E-state index contributed by atoms with van der Waals surface area (Å²) in [6, 6.07) is 3.84. The molecule has 0 bridgehead atoms. The number of hydrogen-bond donors (Lipinski definition) is 2. The lowest BCUT2D eigenvalue weighted by Gasteiger charge is -2.42. The van der Waals surface area contributed by atoms with Gasteiger partial charge in [-0.1, -0.05) is 6.07 Å². The summed E-state index contributed by atoms with van der Waals surface area (Å²) in [5.74, 6) is -0.484. The Hall–Kier alpha value is -2.08. The van der Waals surface area contributed by atoms with E-state index in [0.717, 1.165) is 24.0 Å². The number of carbonyl (C=O) groups excluding carboxylic acids is 1. The number of hydrogen-bond acceptors (Lipinski definition) is 4. The Labute approximate surface area is 142 Å². The summed E-state index contributed by atoms with van der Waals surface area (Å²) >= 11 is 0. The highest BCUT2D eigenvalue weighted by molar-refractivity contribution is 6.03. The van der Waals surface area contributed by atoms with Gasteiger partial charge in [0.15, 0.2) is 0 Å². The van der Waals surface area contributed by atoms with E-state index in [9.17, 15) is 14.7 Å². The molecule has 1 aromatic carbocycles. The van der Waals surface area contributed by atoms with E-state index in [1.165, 1.54) is 0 Å². The SMILES string of the molecule is CN1Cc2c(C3CCC(C(=O)O)(N(C)C)CC3)ccc(N)c2C1=O. The highest BCUT2D eigenvalue weighted by atomic mass is 16.4. The van der Waals surface area contributed by atoms with Crippen molar-refractivity contribution >= 4 is 17.6 Å². The zero-order chi connectivity index (χ0) is 17.6. The summed E-state index contributed by atoms with van der Waals surface area (Å²) in [5.41, 5.74) is 8.60. The van der Waals surface area contributed by atoms with Crippen molar-refractivity contribution in [2.75, 3.05) is 26.9 Å². The molecule has 24 heavy (non-hydrogen) atoms. The van der Waals surface area contributed by atoms with Crippen molar-refractivity contribution in [3.63, 3.8) is 0 Å². The first-order valence-electron chi connectivity index (χ1n) is 8.35. The Balaban J connectivity index is 1.89. The van der Waals surface area contributed by atoms with Gasteiger partial charge >= 0.3 is 5.97 Å². The van der Waals surface area contributed by atoms with Crippen LogP contribution in [-0.2, 0) is 11.3 Å². The normalized spacial score (nSPS) is 26.8. The number of likely N-dealkylation sites (N-methyl/N-ethyl adjacent to an activating group) is 1. The Morgan fingerprint density at radius 3 is 2.50 bits per heavy atom. The Morgan fingerprint density at radius 1 is 1.33 bits per heavy atom. The van der Waals surface area contributed by atoms with E-state index in [4.69, 9.17) is 5.73 Å². The second-order valence-electron chi connectivity index (χ2n) is 7.26. The number of rotatable bonds is 3. The molecule has 0 aromatic heterocycles. The van der Waals surface area contributed by atoms with Gasteiger partial charge < -0.3 is 15.7 Å². The number of nitrogen functional groups attached to an aromatic ring is 1. The Bertz CT molecular complexity index is 691. The molecular formula is C18H25N3O3. The van der Waals surface area contributed by atoms with Gasteiger partial charge in [-0.15, -0.1) is 0 Å². The molecular weight excluding hydrogens is 306 g/mol. The van der Waals surface area contributed by atoms with Gasteiger partial charge in [-0.3, -0.25) is 14.5 Å². The predicted octanol–water partition coefficient (Wildman–Crippen LogP) is 1.90. The van der Waals surface area contributed by atoms with Gasteiger partial charge in [0.1, 0.15) is 5.54 Å². The highest BCUT2D eigenvalue weighted by Gasteiger charge is 2.44. The largest absolute Gasteiger partial charge is 0.480 e. The van der Waals surface area contributed by atoms with Crippen LogP contribution in [0, 0.1) is 0 Å². The molecule has 0 atom stereocenters. The van der Waals surface area contributed by atoms with E-state index < -0.39 is 11.5 Å². The first-order valence-corrected chi connectivity index (χ1v) is 8.35. The topological polar surface area (TPSA) is 86.9 Å². The van der Waals surface area contributed by atoms with Gasteiger partial charge in [-0.05, 0) is 62.9 Å². The third-order valence-electron chi connectivity index (χ3n) is 5.84. The summed E-state index contributed by atoms with van der Waals surface area (Å²) in [6.07, 6.45) is 2.84. The van der Waals surface area contributed by atoms with Gasteiger partial charge in [-0.2, -0.15) is 0 Å². The zero-order valence-corrected chi connectivity index (χ0v) is 14.5. The number of anilines is 1. The van der Waals surface area contributed by atoms with Crippen LogP contribution in [-0.4, -0.2) is 53.5 Å². The smallest absolute Gasteiger partial charge is 0.324 e. The van der Waals surface area contributed by atoms with Crippen molar-refractivity contribution in [2.24, 2.45) is 0 Å². The van der Waals surface area contributed by atoms with Crippen LogP contribution in [0.15, 0.2) is 12.1 Å². The van der Waals surface area contributed by atoms with Crippen molar-refractivity contribution < 1.29 is 14.7 Å². The molecule has 1 aliphatic carbocycles. The Morgan fingerprint density at radius 2 is 1.96 bits per heavy atom. The third kappa shape index (κ3) is 2.36. The number of nitrogens with two attached hydrogens (primary N) is 1. The number of carboxylic acids is 1. The first-order chi connectivity index (χ1) is 11.3. The monoisotopic (exact) mass is 331 g/mol. The van der Waals surface area contributed by atoms with Crippen molar-refractivity contribution in [3.05, 3.63) is 28.8 Å². The van der Waals surface area contributed by atoms with Crippen LogP contribution in [0.1, 0.15) is 53.1 Å². The van der Waals surface area contributed by atoms with Gasteiger partial charge in [-0.25, -0.2) is 0 Å². The van der Waals surface area contributed by atoms with Crippen LogP contribution in [0.4, 0.5) is 5.69 Å². The van der Waals surface area contributed by atoms with Gasteiger partial charge in [0.25, 0.3) is 5.91 Å². The first kappa shape index (κ1) is 16.8. The third-order valence-corrected chi connectivity index (χ3v) is 5.84. The molecule has 1 fully saturated rings. The van der Waals surface area contributed by atoms with Crippen LogP contribution >= 0.6 is 0 Å². The molecule has 1 saturated carbocycles. The molecule has 130 valence electrons. The maximum Gasteiger partial charge on any atom is 0.324 e. The number of fused-ring (bicyclic) bond motifs is 1. The fourth-order valence-electron chi connectivity index (χ4n) is 4.25. The molecule has 6 nitrogen and oxygen atoms in total. The van der Waals surface area contributed by atoms with Crippen LogP contribution in [0.25, 0.3) is 0 Å². The molecule has 2 aliphatic rings. The number of carbonyl (C=O) groups is 2. The molecule has 1 aliphatic heterocycles. The second-order valence-corrected chi connectivity index (χ2v) is 7.26. The molecule has 0 radical (unpaired) electrons. The van der Waals surface area contributed by atoms with Crippen LogP contribution in [0.5, 0.6) is 0 Å². The van der Waals surface area contributed by atoms with Crippen molar-refractivity contribution in [3.8, 4) is 0 Å². The summed E-state index contributed by atoms with van der Waals surface area (Å²) in [5, 5.41) is 9.67. The van der Waals surface area contributed by atoms with Crippen LogP contribution < -0.4 is 5.73 Å². The average molecular weight is 331 g/mol. The lowest BCUT2D eigenvalue weighted by molar-refractivity contribution is -0.152. The van der Waals surface area contributed by atoms with Crippen LogP contribution in [0.2, 0.25) is 0 Å². The minimum absolute atomic E-state index is 0.0201. The molecule has 0 spiro atoms. The molecule has 1 heterocycles. The molecule has 1 aromatic rings. The van der Waals surface area contributed by atoms with Crippen molar-refractivity contribution in [1.29, 1.82) is 0 Å². The molecule has 3 rings (SSSR count). The number of aliphatic carboxylic acids is 1. The Kier molecular flexibility index (Phi) is 4.03. The lowest BCUT2D eigenvalue weighted by atomic mass is 9.72. The van der Waals surface area contributed by atoms with E-state index in [-0.39, 0.29) is 11.8 Å². The number of amides is 1. The maximum atomic E-state index is 12.3. The fraction of sp³-hybridized carbons (Fsp3) is 0.556. The second kappa shape index (κ2) is 5.77. The molecule has 0 unspecified atom stereocenters. The molecule has 3 N–H and O–H groups in total. The van der Waals surface area contributed by atoms with E-state index in [1.807, 2.05) is 31.1 Å². The molecule has 0 saturated heterocycles. The van der Waals surface area contributed by atoms with Crippen molar-refractivity contribution in [2.45, 2.75) is 43.7 Å². The van der Waals surface area contributed by atoms with Gasteiger partial charge in [0.05, 0.1) is 5.56 Å². The number of benzene rings is 1. The summed E-state index contributed by atoms with van der Waals surface area (Å²) in [7, 11) is 5.46. The van der Waals surface area contributed by atoms with E-state index in [0.29, 0.717) is 30.6 Å². The number of nitrogens with zero attached hydrogens (tertiary/aromatic N) is 2. The minimum Gasteiger partial charge on any atom is -0.480 e. The summed E-state index contributed by atoms with van der Waals surface area (Å²) in [6.45, 7) is 0.586. The lowest BCUT2D eigenvalue weighted by Crippen LogP contribution is -2.53. The van der Waals surface area contributed by atoms with Crippen molar-refractivity contribution in [1.82, 2.24) is 9.80 Å². The molecule has 1 amide bonds. The quantitative estimate of drug-likeness (QED) is 0.826. The maximum absolute atomic E-state index is 12.3. The van der Waals surface area contributed by atoms with E-state index in [2.05, 4.69) is 0 Å². The highest BCUT2D eigenvalue weighted by Crippen LogP contribution is 2.43. The number of carboxylic acid groups (broad SMARTS) is 1. The predicted molar refractivity (Wildman–Crippen MR) is 91.9 cm³/mol. The minimum atomic E-state index is -0.778. The van der Waals surface area contributed by atoms with Gasteiger partial charge in [0.2, 0.25) is 0 Å². The van der Waals surface area contributed by atoms with E-state index in [1.54, 1.807) is 11.9 Å². The average Bonchev–Trinajstić information content (AvgIpc) is 2.84. The fourth-order valence-corrected chi connectivity index (χ4v) is 4.25. The van der Waals surface area contributed by atoms with E-state index >= 15 is 0 Å².